The summed E-state index contributed by atoms with van der Waals surface area (Å²) in [5.74, 6) is 1.98. The summed E-state index contributed by atoms with van der Waals surface area (Å²) in [4.78, 5) is 10.7. The minimum Gasteiger partial charge on any atom is -0.366 e. The molecule has 4 atom stereocenters. The standard InChI is InChI=1S/C14H25O2/c1-5-12(9-15)16-14-8-11(4)6-7-13(14)10(2)3/h10-14H,5-8H2,1-4H3. The van der Waals surface area contributed by atoms with Gasteiger partial charge in [0.2, 0.25) is 6.29 Å². The van der Waals surface area contributed by atoms with E-state index in [1.54, 1.807) is 0 Å². The number of hydrogen-bond donors (Lipinski definition) is 0. The van der Waals surface area contributed by atoms with Gasteiger partial charge in [0.25, 0.3) is 0 Å². The van der Waals surface area contributed by atoms with Gasteiger partial charge in [-0.2, -0.15) is 0 Å². The number of carbonyl (C=O) groups excluding carboxylic acids is 1. The quantitative estimate of drug-likeness (QED) is 0.717. The van der Waals surface area contributed by atoms with E-state index < -0.39 is 0 Å². The van der Waals surface area contributed by atoms with Crippen LogP contribution in [0.2, 0.25) is 0 Å². The van der Waals surface area contributed by atoms with Crippen molar-refractivity contribution in [1.29, 1.82) is 0 Å². The Labute approximate surface area is 99.8 Å². The number of hydrogen-bond acceptors (Lipinski definition) is 2. The molecule has 0 aromatic rings. The van der Waals surface area contributed by atoms with Crippen LogP contribution in [0.1, 0.15) is 53.4 Å². The molecule has 0 amide bonds. The van der Waals surface area contributed by atoms with Crippen molar-refractivity contribution in [1.82, 2.24) is 0 Å². The highest BCUT2D eigenvalue weighted by atomic mass is 16.5. The van der Waals surface area contributed by atoms with Gasteiger partial charge in [-0.25, -0.2) is 0 Å². The van der Waals surface area contributed by atoms with E-state index >= 15 is 0 Å². The fourth-order valence-corrected chi connectivity index (χ4v) is 2.69. The summed E-state index contributed by atoms with van der Waals surface area (Å²) >= 11 is 0. The summed E-state index contributed by atoms with van der Waals surface area (Å²) in [6.07, 6.45) is 6.30. The van der Waals surface area contributed by atoms with Gasteiger partial charge in [-0.1, -0.05) is 34.1 Å². The van der Waals surface area contributed by atoms with E-state index in [-0.39, 0.29) is 12.2 Å². The van der Waals surface area contributed by atoms with Crippen molar-refractivity contribution in [3.8, 4) is 0 Å². The molecule has 1 rings (SSSR count). The molecule has 0 bridgehead atoms. The van der Waals surface area contributed by atoms with E-state index in [0.717, 1.165) is 18.8 Å². The van der Waals surface area contributed by atoms with Gasteiger partial charge in [0, 0.05) is 0 Å². The molecular weight excluding hydrogens is 200 g/mol. The van der Waals surface area contributed by atoms with Gasteiger partial charge < -0.3 is 4.74 Å². The molecule has 0 N–H and O–H groups in total. The number of ether oxygens (including phenoxy) is 1. The third-order valence-corrected chi connectivity index (χ3v) is 3.80. The maximum Gasteiger partial charge on any atom is 0.229 e. The molecule has 1 saturated carbocycles. The van der Waals surface area contributed by atoms with E-state index in [0.29, 0.717) is 11.8 Å². The van der Waals surface area contributed by atoms with Gasteiger partial charge in [-0.3, -0.25) is 4.79 Å². The smallest absolute Gasteiger partial charge is 0.229 e. The molecule has 1 fully saturated rings. The molecule has 2 nitrogen and oxygen atoms in total. The molecule has 0 spiro atoms. The molecule has 4 unspecified atom stereocenters. The maximum absolute atomic E-state index is 10.7. The first kappa shape index (κ1) is 13.7. The Balaban J connectivity index is 2.60. The average molecular weight is 225 g/mol. The van der Waals surface area contributed by atoms with Crippen molar-refractivity contribution in [3.05, 3.63) is 0 Å². The second-order valence-corrected chi connectivity index (χ2v) is 5.52. The topological polar surface area (TPSA) is 26.3 Å². The summed E-state index contributed by atoms with van der Waals surface area (Å²) in [7, 11) is 0. The summed E-state index contributed by atoms with van der Waals surface area (Å²) in [6, 6.07) is 0. The second-order valence-electron chi connectivity index (χ2n) is 5.52. The van der Waals surface area contributed by atoms with Crippen LogP contribution < -0.4 is 0 Å². The van der Waals surface area contributed by atoms with Gasteiger partial charge in [-0.05, 0) is 37.0 Å². The number of rotatable bonds is 5. The minimum atomic E-state index is -0.323. The molecule has 0 aromatic carbocycles. The van der Waals surface area contributed by atoms with Crippen LogP contribution in [0.4, 0.5) is 0 Å². The fourth-order valence-electron chi connectivity index (χ4n) is 2.69. The van der Waals surface area contributed by atoms with Gasteiger partial charge in [0.15, 0.2) is 0 Å². The third kappa shape index (κ3) is 3.58. The molecule has 93 valence electrons. The Morgan fingerprint density at radius 3 is 2.56 bits per heavy atom. The van der Waals surface area contributed by atoms with E-state index in [2.05, 4.69) is 20.8 Å². The van der Waals surface area contributed by atoms with E-state index in [1.807, 2.05) is 13.2 Å². The van der Waals surface area contributed by atoms with Crippen LogP contribution in [-0.4, -0.2) is 18.5 Å². The average Bonchev–Trinajstić information content (AvgIpc) is 2.25. The first-order valence-corrected chi connectivity index (χ1v) is 6.61. The Morgan fingerprint density at radius 2 is 2.06 bits per heavy atom. The summed E-state index contributed by atoms with van der Waals surface area (Å²) in [5.41, 5.74) is 0. The molecule has 0 heterocycles. The predicted molar refractivity (Wildman–Crippen MR) is 66.0 cm³/mol. The van der Waals surface area contributed by atoms with Gasteiger partial charge in [-0.15, -0.1) is 0 Å². The van der Waals surface area contributed by atoms with Crippen molar-refractivity contribution in [2.75, 3.05) is 0 Å². The van der Waals surface area contributed by atoms with Gasteiger partial charge >= 0.3 is 0 Å². The summed E-state index contributed by atoms with van der Waals surface area (Å²) in [5, 5.41) is 0. The zero-order chi connectivity index (χ0) is 12.1. The lowest BCUT2D eigenvalue weighted by Gasteiger charge is -2.38. The van der Waals surface area contributed by atoms with Crippen molar-refractivity contribution < 1.29 is 9.53 Å². The Bertz CT molecular complexity index is 213. The first-order chi connectivity index (χ1) is 7.58. The molecule has 1 radical (unpaired) electrons. The van der Waals surface area contributed by atoms with Crippen molar-refractivity contribution in [2.24, 2.45) is 17.8 Å². The van der Waals surface area contributed by atoms with Crippen LogP contribution in [0.25, 0.3) is 0 Å². The first-order valence-electron chi connectivity index (χ1n) is 6.61. The lowest BCUT2D eigenvalue weighted by molar-refractivity contribution is -0.0584. The molecular formula is C14H25O2. The highest BCUT2D eigenvalue weighted by Gasteiger charge is 2.32. The molecule has 1 aliphatic rings. The molecule has 16 heavy (non-hydrogen) atoms. The van der Waals surface area contributed by atoms with Gasteiger partial charge in [0.05, 0.1) is 6.10 Å². The SMILES string of the molecule is CCC([C]=O)OC1CC(C)CCC1C(C)C. The monoisotopic (exact) mass is 225 g/mol. The fraction of sp³-hybridized carbons (Fsp3) is 0.929. The van der Waals surface area contributed by atoms with E-state index in [9.17, 15) is 4.79 Å². The largest absolute Gasteiger partial charge is 0.366 e. The summed E-state index contributed by atoms with van der Waals surface area (Å²) < 4.78 is 5.91. The lowest BCUT2D eigenvalue weighted by atomic mass is 9.75. The van der Waals surface area contributed by atoms with Gasteiger partial charge in [0.1, 0.15) is 6.10 Å². The van der Waals surface area contributed by atoms with Crippen LogP contribution in [0.5, 0.6) is 0 Å². The van der Waals surface area contributed by atoms with Crippen molar-refractivity contribution in [2.45, 2.75) is 65.6 Å². The lowest BCUT2D eigenvalue weighted by Crippen LogP contribution is -2.37. The highest BCUT2D eigenvalue weighted by Crippen LogP contribution is 2.35. The Morgan fingerprint density at radius 1 is 1.38 bits per heavy atom. The van der Waals surface area contributed by atoms with E-state index in [4.69, 9.17) is 4.74 Å². The third-order valence-electron chi connectivity index (χ3n) is 3.80. The van der Waals surface area contributed by atoms with E-state index in [1.165, 1.54) is 12.8 Å². The highest BCUT2D eigenvalue weighted by molar-refractivity contribution is 5.56. The minimum absolute atomic E-state index is 0.259. The van der Waals surface area contributed by atoms with Crippen LogP contribution in [-0.2, 0) is 9.53 Å². The summed E-state index contributed by atoms with van der Waals surface area (Å²) in [6.45, 7) is 8.76. The Hall–Kier alpha value is -0.370. The molecule has 0 aromatic heterocycles. The maximum atomic E-state index is 10.7. The molecule has 2 heteroatoms. The molecule has 0 saturated heterocycles. The van der Waals surface area contributed by atoms with Crippen LogP contribution >= 0.6 is 0 Å². The zero-order valence-electron chi connectivity index (χ0n) is 11.0. The second kappa shape index (κ2) is 6.39. The van der Waals surface area contributed by atoms with Crippen molar-refractivity contribution in [3.63, 3.8) is 0 Å². The molecule has 0 aliphatic heterocycles. The molecule has 1 aliphatic carbocycles. The van der Waals surface area contributed by atoms with Crippen LogP contribution in [0.3, 0.4) is 0 Å². The van der Waals surface area contributed by atoms with Crippen LogP contribution in [0, 0.1) is 17.8 Å². The zero-order valence-corrected chi connectivity index (χ0v) is 11.0. The predicted octanol–water partition coefficient (Wildman–Crippen LogP) is 3.35. The van der Waals surface area contributed by atoms with Crippen molar-refractivity contribution >= 4 is 6.29 Å². The normalized spacial score (nSPS) is 32.7. The Kier molecular flexibility index (Phi) is 5.47. The van der Waals surface area contributed by atoms with Crippen LogP contribution in [0.15, 0.2) is 0 Å².